The normalized spacial score (nSPS) is 24.8. The Labute approximate surface area is 93.0 Å². The van der Waals surface area contributed by atoms with Gasteiger partial charge in [0, 0.05) is 7.11 Å². The lowest BCUT2D eigenvalue weighted by Crippen LogP contribution is -2.45. The molecule has 3 amide bonds. The van der Waals surface area contributed by atoms with Crippen LogP contribution in [0.2, 0.25) is 0 Å². The lowest BCUT2D eigenvalue weighted by Gasteiger charge is -2.19. The van der Waals surface area contributed by atoms with Gasteiger partial charge in [-0.3, -0.25) is 4.79 Å². The summed E-state index contributed by atoms with van der Waals surface area (Å²) in [6, 6.07) is 8.26. The van der Waals surface area contributed by atoms with Gasteiger partial charge in [0.15, 0.2) is 0 Å². The Hall–Kier alpha value is -1.88. The maximum atomic E-state index is 12.0. The third-order valence-corrected chi connectivity index (χ3v) is 2.58. The number of benzene rings is 1. The van der Waals surface area contributed by atoms with Crippen LogP contribution in [0.1, 0.15) is 6.92 Å². The smallest absolute Gasteiger partial charge is 0.331 e. The number of imide groups is 1. The highest BCUT2D eigenvalue weighted by Gasteiger charge is 2.48. The van der Waals surface area contributed by atoms with Crippen LogP contribution in [-0.2, 0) is 9.53 Å². The van der Waals surface area contributed by atoms with Gasteiger partial charge in [-0.1, -0.05) is 18.2 Å². The van der Waals surface area contributed by atoms with Crippen molar-refractivity contribution in [2.24, 2.45) is 0 Å². The highest BCUT2D eigenvalue weighted by molar-refractivity contribution is 6.22. The van der Waals surface area contributed by atoms with Crippen molar-refractivity contribution >= 4 is 17.6 Å². The Morgan fingerprint density at radius 1 is 1.25 bits per heavy atom. The zero-order chi connectivity index (χ0) is 11.8. The fourth-order valence-electron chi connectivity index (χ4n) is 1.57. The number of nitrogens with zero attached hydrogens (tertiary/aromatic N) is 1. The molecule has 2 rings (SSSR count). The average Bonchev–Trinajstić information content (AvgIpc) is 2.52. The molecule has 5 heteroatoms. The van der Waals surface area contributed by atoms with Crippen molar-refractivity contribution in [2.75, 3.05) is 12.0 Å². The van der Waals surface area contributed by atoms with E-state index in [1.807, 2.05) is 6.07 Å². The lowest BCUT2D eigenvalue weighted by molar-refractivity contribution is -0.136. The molecule has 0 aliphatic carbocycles. The number of hydrogen-bond donors (Lipinski definition) is 1. The number of rotatable bonds is 2. The van der Waals surface area contributed by atoms with Gasteiger partial charge in [-0.25, -0.2) is 9.69 Å². The molecule has 0 aromatic heterocycles. The number of urea groups is 1. The van der Waals surface area contributed by atoms with Crippen molar-refractivity contribution in [1.29, 1.82) is 0 Å². The summed E-state index contributed by atoms with van der Waals surface area (Å²) in [4.78, 5) is 24.7. The molecule has 1 N–H and O–H groups in total. The van der Waals surface area contributed by atoms with Gasteiger partial charge in [0.1, 0.15) is 0 Å². The molecule has 1 saturated heterocycles. The summed E-state index contributed by atoms with van der Waals surface area (Å²) in [5.74, 6) is -0.411. The fourth-order valence-corrected chi connectivity index (χ4v) is 1.57. The summed E-state index contributed by atoms with van der Waals surface area (Å²) in [6.07, 6.45) is 0. The molecule has 0 bridgehead atoms. The summed E-state index contributed by atoms with van der Waals surface area (Å²) < 4.78 is 5.01. The van der Waals surface area contributed by atoms with Gasteiger partial charge in [0.05, 0.1) is 5.69 Å². The molecule has 1 aliphatic heterocycles. The first kappa shape index (κ1) is 10.6. The number of carbonyl (C=O) groups excluding carboxylic acids is 2. The van der Waals surface area contributed by atoms with Gasteiger partial charge < -0.3 is 10.1 Å². The Kier molecular flexibility index (Phi) is 2.40. The van der Waals surface area contributed by atoms with E-state index >= 15 is 0 Å². The van der Waals surface area contributed by atoms with Crippen molar-refractivity contribution in [3.63, 3.8) is 0 Å². The van der Waals surface area contributed by atoms with Crippen molar-refractivity contribution < 1.29 is 14.3 Å². The summed E-state index contributed by atoms with van der Waals surface area (Å²) in [5, 5.41) is 2.49. The minimum Gasteiger partial charge on any atom is -0.351 e. The maximum Gasteiger partial charge on any atom is 0.331 e. The monoisotopic (exact) mass is 220 g/mol. The molecule has 16 heavy (non-hydrogen) atoms. The SMILES string of the molecule is COC1(C)NC(=O)N(c2ccccc2)C1=O. The predicted octanol–water partition coefficient (Wildman–Crippen LogP) is 1.11. The van der Waals surface area contributed by atoms with Crippen LogP contribution >= 0.6 is 0 Å². The number of nitrogens with one attached hydrogen (secondary N) is 1. The molecule has 1 aliphatic rings. The van der Waals surface area contributed by atoms with Crippen LogP contribution in [0.5, 0.6) is 0 Å². The molecule has 0 radical (unpaired) electrons. The van der Waals surface area contributed by atoms with Crippen LogP contribution in [0.4, 0.5) is 10.5 Å². The first-order chi connectivity index (χ1) is 7.58. The van der Waals surface area contributed by atoms with Crippen LogP contribution in [0.15, 0.2) is 30.3 Å². The van der Waals surface area contributed by atoms with E-state index in [4.69, 9.17) is 4.74 Å². The van der Waals surface area contributed by atoms with E-state index in [9.17, 15) is 9.59 Å². The summed E-state index contributed by atoms with van der Waals surface area (Å²) in [5.41, 5.74) is -0.738. The number of hydrogen-bond acceptors (Lipinski definition) is 3. The van der Waals surface area contributed by atoms with Crippen molar-refractivity contribution in [2.45, 2.75) is 12.6 Å². The van der Waals surface area contributed by atoms with Gasteiger partial charge in [-0.15, -0.1) is 0 Å². The second-order valence-electron chi connectivity index (χ2n) is 3.64. The Morgan fingerprint density at radius 3 is 2.38 bits per heavy atom. The molecule has 1 unspecified atom stereocenters. The fraction of sp³-hybridized carbons (Fsp3) is 0.273. The van der Waals surface area contributed by atoms with Gasteiger partial charge in [0.2, 0.25) is 5.72 Å². The highest BCUT2D eigenvalue weighted by atomic mass is 16.5. The molecular formula is C11H12N2O3. The van der Waals surface area contributed by atoms with E-state index in [0.717, 1.165) is 4.90 Å². The third kappa shape index (κ3) is 1.45. The van der Waals surface area contributed by atoms with E-state index in [1.165, 1.54) is 14.0 Å². The molecule has 0 saturated carbocycles. The largest absolute Gasteiger partial charge is 0.351 e. The molecule has 5 nitrogen and oxygen atoms in total. The van der Waals surface area contributed by atoms with E-state index < -0.39 is 17.7 Å². The van der Waals surface area contributed by atoms with Crippen molar-refractivity contribution in [1.82, 2.24) is 5.32 Å². The van der Waals surface area contributed by atoms with Crippen LogP contribution in [0.3, 0.4) is 0 Å². The molecule has 0 spiro atoms. The molecule has 1 aromatic rings. The minimum absolute atomic E-state index is 0.411. The third-order valence-electron chi connectivity index (χ3n) is 2.58. The van der Waals surface area contributed by atoms with E-state index in [0.29, 0.717) is 5.69 Å². The van der Waals surface area contributed by atoms with E-state index in [2.05, 4.69) is 5.32 Å². The van der Waals surface area contributed by atoms with Crippen LogP contribution in [0.25, 0.3) is 0 Å². The average molecular weight is 220 g/mol. The summed E-state index contributed by atoms with van der Waals surface area (Å²) in [7, 11) is 1.38. The van der Waals surface area contributed by atoms with Gasteiger partial charge >= 0.3 is 6.03 Å². The van der Waals surface area contributed by atoms with Gasteiger partial charge in [-0.2, -0.15) is 0 Å². The Bertz CT molecular complexity index is 432. The Morgan fingerprint density at radius 2 is 1.88 bits per heavy atom. The standard InChI is InChI=1S/C11H12N2O3/c1-11(16-2)9(14)13(10(15)12-11)8-6-4-3-5-7-8/h3-7H,1-2H3,(H,12,15). The summed E-state index contributed by atoms with van der Waals surface area (Å²) >= 11 is 0. The van der Waals surface area contributed by atoms with Crippen LogP contribution in [-0.4, -0.2) is 24.8 Å². The van der Waals surface area contributed by atoms with E-state index in [-0.39, 0.29) is 0 Å². The second-order valence-corrected chi connectivity index (χ2v) is 3.64. The number of carbonyl (C=O) groups is 2. The lowest BCUT2D eigenvalue weighted by atomic mass is 10.2. The quantitative estimate of drug-likeness (QED) is 0.759. The number of amides is 3. The predicted molar refractivity (Wildman–Crippen MR) is 57.9 cm³/mol. The number of methoxy groups -OCH3 is 1. The molecule has 1 atom stereocenters. The van der Waals surface area contributed by atoms with Crippen molar-refractivity contribution in [3.8, 4) is 0 Å². The maximum absolute atomic E-state index is 12.0. The zero-order valence-electron chi connectivity index (χ0n) is 9.06. The molecule has 84 valence electrons. The number of anilines is 1. The first-order valence-electron chi connectivity index (χ1n) is 4.85. The van der Waals surface area contributed by atoms with Gasteiger partial charge in [0.25, 0.3) is 5.91 Å². The van der Waals surface area contributed by atoms with Crippen LogP contribution < -0.4 is 10.2 Å². The van der Waals surface area contributed by atoms with E-state index in [1.54, 1.807) is 24.3 Å². The minimum atomic E-state index is -1.27. The van der Waals surface area contributed by atoms with Gasteiger partial charge in [-0.05, 0) is 19.1 Å². The molecule has 1 heterocycles. The zero-order valence-corrected chi connectivity index (χ0v) is 9.06. The van der Waals surface area contributed by atoms with Crippen molar-refractivity contribution in [3.05, 3.63) is 30.3 Å². The number of ether oxygens (including phenoxy) is 1. The Balaban J connectivity index is 2.38. The van der Waals surface area contributed by atoms with Crippen LogP contribution in [0, 0.1) is 0 Å². The number of para-hydroxylation sites is 1. The second kappa shape index (κ2) is 3.61. The topological polar surface area (TPSA) is 58.6 Å². The summed E-state index contributed by atoms with van der Waals surface area (Å²) in [6.45, 7) is 1.52. The molecule has 1 fully saturated rings. The highest BCUT2D eigenvalue weighted by Crippen LogP contribution is 2.24. The molecule has 1 aromatic carbocycles. The first-order valence-corrected chi connectivity index (χ1v) is 4.85. The molecular weight excluding hydrogens is 208 g/mol.